The standard InChI is InChI=1S/C16H14N4O3/c1-11-2-5-13(6-3-11)20(16(21)18-19-17)9-12-4-7-14-15(8-12)23-10-22-14/h2-8H,9-10H2,1H3. The summed E-state index contributed by atoms with van der Waals surface area (Å²) >= 11 is 0. The summed E-state index contributed by atoms with van der Waals surface area (Å²) in [6.07, 6.45) is 0. The van der Waals surface area contributed by atoms with Gasteiger partial charge in [-0.15, -0.1) is 0 Å². The van der Waals surface area contributed by atoms with Gasteiger partial charge in [0, 0.05) is 15.7 Å². The van der Waals surface area contributed by atoms with E-state index in [4.69, 9.17) is 15.0 Å². The molecular formula is C16H14N4O3. The predicted octanol–water partition coefficient (Wildman–Crippen LogP) is 4.16. The molecule has 1 heterocycles. The molecule has 0 saturated carbocycles. The molecule has 0 fully saturated rings. The van der Waals surface area contributed by atoms with E-state index in [1.165, 1.54) is 4.90 Å². The first-order chi connectivity index (χ1) is 11.2. The Balaban J connectivity index is 1.90. The predicted molar refractivity (Wildman–Crippen MR) is 84.5 cm³/mol. The van der Waals surface area contributed by atoms with Crippen LogP contribution in [0.2, 0.25) is 0 Å². The summed E-state index contributed by atoms with van der Waals surface area (Å²) in [6.45, 7) is 2.41. The van der Waals surface area contributed by atoms with Gasteiger partial charge < -0.3 is 14.4 Å². The zero-order valence-corrected chi connectivity index (χ0v) is 12.5. The number of benzene rings is 2. The van der Waals surface area contributed by atoms with Gasteiger partial charge in [-0.2, -0.15) is 0 Å². The maximum Gasteiger partial charge on any atom is 0.315 e. The second-order valence-electron chi connectivity index (χ2n) is 5.08. The number of hydrogen-bond acceptors (Lipinski definition) is 3. The zero-order valence-electron chi connectivity index (χ0n) is 12.5. The van der Waals surface area contributed by atoms with Crippen molar-refractivity contribution in [1.82, 2.24) is 0 Å². The van der Waals surface area contributed by atoms with Crippen LogP contribution in [0.3, 0.4) is 0 Å². The van der Waals surface area contributed by atoms with E-state index in [9.17, 15) is 4.79 Å². The fourth-order valence-corrected chi connectivity index (χ4v) is 2.31. The largest absolute Gasteiger partial charge is 0.454 e. The third-order valence-electron chi connectivity index (χ3n) is 3.48. The lowest BCUT2D eigenvalue weighted by atomic mass is 10.1. The van der Waals surface area contributed by atoms with Gasteiger partial charge in [0.15, 0.2) is 11.5 Å². The third kappa shape index (κ3) is 3.20. The van der Waals surface area contributed by atoms with Crippen molar-refractivity contribution in [3.05, 3.63) is 64.0 Å². The van der Waals surface area contributed by atoms with Gasteiger partial charge in [-0.25, -0.2) is 0 Å². The van der Waals surface area contributed by atoms with Gasteiger partial charge in [-0.1, -0.05) is 23.8 Å². The van der Waals surface area contributed by atoms with Gasteiger partial charge in [0.1, 0.15) is 0 Å². The summed E-state index contributed by atoms with van der Waals surface area (Å²) < 4.78 is 10.6. The molecule has 0 aromatic heterocycles. The fourth-order valence-electron chi connectivity index (χ4n) is 2.31. The summed E-state index contributed by atoms with van der Waals surface area (Å²) in [6, 6.07) is 12.2. The fraction of sp³-hybridized carbons (Fsp3) is 0.188. The smallest absolute Gasteiger partial charge is 0.315 e. The highest BCUT2D eigenvalue weighted by Gasteiger charge is 2.18. The zero-order chi connectivity index (χ0) is 16.2. The van der Waals surface area contributed by atoms with Gasteiger partial charge in [0.2, 0.25) is 6.79 Å². The molecule has 0 N–H and O–H groups in total. The van der Waals surface area contributed by atoms with Gasteiger partial charge in [0.05, 0.1) is 6.54 Å². The van der Waals surface area contributed by atoms with Crippen LogP contribution in [-0.4, -0.2) is 12.8 Å². The second kappa shape index (κ2) is 6.29. The minimum atomic E-state index is -0.658. The Morgan fingerprint density at radius 1 is 1.22 bits per heavy atom. The number of nitrogens with zero attached hydrogens (tertiary/aromatic N) is 4. The lowest BCUT2D eigenvalue weighted by Gasteiger charge is -2.21. The first kappa shape index (κ1) is 14.7. The van der Waals surface area contributed by atoms with Crippen molar-refractivity contribution in [1.29, 1.82) is 0 Å². The van der Waals surface area contributed by atoms with Crippen molar-refractivity contribution in [2.45, 2.75) is 13.5 Å². The van der Waals surface area contributed by atoms with Crippen molar-refractivity contribution in [3.63, 3.8) is 0 Å². The molecule has 0 bridgehead atoms. The van der Waals surface area contributed by atoms with Gasteiger partial charge in [0.25, 0.3) is 0 Å². The van der Waals surface area contributed by atoms with Crippen LogP contribution >= 0.6 is 0 Å². The van der Waals surface area contributed by atoms with Crippen molar-refractivity contribution >= 4 is 11.7 Å². The van der Waals surface area contributed by atoms with Crippen LogP contribution in [0.4, 0.5) is 10.5 Å². The molecule has 2 aromatic rings. The highest BCUT2D eigenvalue weighted by molar-refractivity contribution is 5.92. The minimum absolute atomic E-state index is 0.193. The Kier molecular flexibility index (Phi) is 4.03. The number of urea groups is 1. The van der Waals surface area contributed by atoms with E-state index in [2.05, 4.69) is 10.0 Å². The van der Waals surface area contributed by atoms with Crippen molar-refractivity contribution in [2.24, 2.45) is 5.11 Å². The molecule has 0 unspecified atom stereocenters. The number of carbonyl (C=O) groups is 1. The number of anilines is 1. The Hall–Kier alpha value is -3.18. The maximum atomic E-state index is 12.1. The highest BCUT2D eigenvalue weighted by Crippen LogP contribution is 2.33. The first-order valence-electron chi connectivity index (χ1n) is 6.99. The SMILES string of the molecule is Cc1ccc(N(Cc2ccc3c(c2)OCO3)C(=O)N=[N+]=[N-])cc1. The molecule has 0 atom stereocenters. The second-order valence-corrected chi connectivity index (χ2v) is 5.08. The molecule has 0 radical (unpaired) electrons. The van der Waals surface area contributed by atoms with Crippen LogP contribution in [0.5, 0.6) is 11.5 Å². The number of azide groups is 1. The van der Waals surface area contributed by atoms with E-state index in [1.807, 2.05) is 43.3 Å². The number of rotatable bonds is 3. The first-order valence-corrected chi connectivity index (χ1v) is 6.99. The molecule has 7 heteroatoms. The Morgan fingerprint density at radius 2 is 1.96 bits per heavy atom. The normalized spacial score (nSPS) is 11.7. The summed E-state index contributed by atoms with van der Waals surface area (Å²) in [4.78, 5) is 16.1. The highest BCUT2D eigenvalue weighted by atomic mass is 16.7. The molecular weight excluding hydrogens is 296 g/mol. The average Bonchev–Trinajstić information content (AvgIpc) is 3.01. The van der Waals surface area contributed by atoms with E-state index in [-0.39, 0.29) is 13.3 Å². The van der Waals surface area contributed by atoms with E-state index < -0.39 is 6.03 Å². The molecule has 0 aliphatic carbocycles. The van der Waals surface area contributed by atoms with E-state index in [0.29, 0.717) is 17.2 Å². The van der Waals surface area contributed by atoms with E-state index in [1.54, 1.807) is 6.07 Å². The monoisotopic (exact) mass is 310 g/mol. The molecule has 2 aromatic carbocycles. The minimum Gasteiger partial charge on any atom is -0.454 e. The number of amides is 2. The van der Waals surface area contributed by atoms with Crippen LogP contribution < -0.4 is 14.4 Å². The molecule has 0 spiro atoms. The summed E-state index contributed by atoms with van der Waals surface area (Å²) in [5.41, 5.74) is 11.1. The molecule has 116 valence electrons. The molecule has 23 heavy (non-hydrogen) atoms. The average molecular weight is 310 g/mol. The molecule has 1 aliphatic heterocycles. The molecule has 2 amide bonds. The van der Waals surface area contributed by atoms with Gasteiger partial charge in [-0.3, -0.25) is 4.79 Å². The van der Waals surface area contributed by atoms with Crippen LogP contribution in [-0.2, 0) is 6.54 Å². The number of fused-ring (bicyclic) bond motifs is 1. The van der Waals surface area contributed by atoms with E-state index in [0.717, 1.165) is 11.1 Å². The van der Waals surface area contributed by atoms with Gasteiger partial charge in [-0.05, 0) is 42.3 Å². The third-order valence-corrected chi connectivity index (χ3v) is 3.48. The van der Waals surface area contributed by atoms with Crippen molar-refractivity contribution in [2.75, 3.05) is 11.7 Å². The van der Waals surface area contributed by atoms with Crippen LogP contribution in [0.25, 0.3) is 10.4 Å². The lowest BCUT2D eigenvalue weighted by molar-refractivity contribution is 0.174. The number of ether oxygens (including phenoxy) is 2. The van der Waals surface area contributed by atoms with E-state index >= 15 is 0 Å². The van der Waals surface area contributed by atoms with Crippen molar-refractivity contribution in [3.8, 4) is 11.5 Å². The number of carbonyl (C=O) groups excluding carboxylic acids is 1. The quantitative estimate of drug-likeness (QED) is 0.484. The van der Waals surface area contributed by atoms with Crippen LogP contribution in [0, 0.1) is 6.92 Å². The number of hydrogen-bond donors (Lipinski definition) is 0. The molecule has 3 rings (SSSR count). The van der Waals surface area contributed by atoms with Gasteiger partial charge >= 0.3 is 6.03 Å². The molecule has 0 saturated heterocycles. The summed E-state index contributed by atoms with van der Waals surface area (Å²) in [5, 5.41) is 3.20. The number of aryl methyl sites for hydroxylation is 1. The van der Waals surface area contributed by atoms with Crippen LogP contribution in [0.1, 0.15) is 11.1 Å². The molecule has 7 nitrogen and oxygen atoms in total. The lowest BCUT2D eigenvalue weighted by Crippen LogP contribution is -2.27. The summed E-state index contributed by atoms with van der Waals surface area (Å²) in [7, 11) is 0. The summed E-state index contributed by atoms with van der Waals surface area (Å²) in [5.74, 6) is 1.32. The topological polar surface area (TPSA) is 87.5 Å². The van der Waals surface area contributed by atoms with Crippen molar-refractivity contribution < 1.29 is 14.3 Å². The Labute approximate surface area is 132 Å². The Bertz CT molecular complexity index is 782. The Morgan fingerprint density at radius 3 is 2.70 bits per heavy atom. The maximum absolute atomic E-state index is 12.1. The van der Waals surface area contributed by atoms with Crippen LogP contribution in [0.15, 0.2) is 47.6 Å². The molecule has 1 aliphatic rings.